The number of rotatable bonds is 3. The molecule has 0 saturated carbocycles. The highest BCUT2D eigenvalue weighted by atomic mass is 16.2. The van der Waals surface area contributed by atoms with Crippen LogP contribution in [0.2, 0.25) is 0 Å². The van der Waals surface area contributed by atoms with Crippen LogP contribution in [0.25, 0.3) is 0 Å². The van der Waals surface area contributed by atoms with E-state index in [1.807, 2.05) is 18.7 Å². The summed E-state index contributed by atoms with van der Waals surface area (Å²) in [6, 6.07) is -0.335. The fourth-order valence-electron chi connectivity index (χ4n) is 1.78. The molecule has 0 aromatic carbocycles. The normalized spacial score (nSPS) is 20.7. The number of piperazine rings is 1. The summed E-state index contributed by atoms with van der Waals surface area (Å²) in [5.74, 6) is 0.336. The SMILES string of the molecule is CCN1CCN(C(=O)[C@@H](N)C(C)C)CC1. The highest BCUT2D eigenvalue weighted by Crippen LogP contribution is 2.07. The third-order valence-electron chi connectivity index (χ3n) is 3.13. The predicted molar refractivity (Wildman–Crippen MR) is 61.5 cm³/mol. The number of hydrogen-bond acceptors (Lipinski definition) is 3. The van der Waals surface area contributed by atoms with Gasteiger partial charge in [-0.1, -0.05) is 20.8 Å². The second-order valence-electron chi connectivity index (χ2n) is 4.53. The van der Waals surface area contributed by atoms with Crippen LogP contribution in [-0.2, 0) is 4.79 Å². The summed E-state index contributed by atoms with van der Waals surface area (Å²) in [6.45, 7) is 10.8. The molecule has 1 fully saturated rings. The Morgan fingerprint density at radius 3 is 2.20 bits per heavy atom. The molecule has 0 bridgehead atoms. The van der Waals surface area contributed by atoms with Crippen molar-refractivity contribution in [1.29, 1.82) is 0 Å². The maximum Gasteiger partial charge on any atom is 0.239 e. The van der Waals surface area contributed by atoms with Gasteiger partial charge in [0.15, 0.2) is 0 Å². The summed E-state index contributed by atoms with van der Waals surface area (Å²) in [5, 5.41) is 0. The molecular formula is C11H23N3O. The van der Waals surface area contributed by atoms with Crippen LogP contribution in [0.4, 0.5) is 0 Å². The molecule has 1 heterocycles. The number of nitrogens with zero attached hydrogens (tertiary/aromatic N) is 2. The Morgan fingerprint density at radius 2 is 1.80 bits per heavy atom. The average molecular weight is 213 g/mol. The van der Waals surface area contributed by atoms with Gasteiger partial charge in [0.25, 0.3) is 0 Å². The molecular weight excluding hydrogens is 190 g/mol. The number of nitrogens with two attached hydrogens (primary N) is 1. The molecule has 0 unspecified atom stereocenters. The van der Waals surface area contributed by atoms with Crippen molar-refractivity contribution in [1.82, 2.24) is 9.80 Å². The third kappa shape index (κ3) is 3.18. The van der Waals surface area contributed by atoms with Crippen molar-refractivity contribution in [3.05, 3.63) is 0 Å². The van der Waals surface area contributed by atoms with Crippen molar-refractivity contribution < 1.29 is 4.79 Å². The molecule has 1 amide bonds. The van der Waals surface area contributed by atoms with Crippen LogP contribution in [0.15, 0.2) is 0 Å². The molecule has 88 valence electrons. The summed E-state index contributed by atoms with van der Waals surface area (Å²) < 4.78 is 0. The van der Waals surface area contributed by atoms with Crippen LogP contribution in [0.3, 0.4) is 0 Å². The molecule has 0 aromatic heterocycles. The zero-order valence-corrected chi connectivity index (χ0v) is 10.1. The van der Waals surface area contributed by atoms with Gasteiger partial charge < -0.3 is 15.5 Å². The van der Waals surface area contributed by atoms with E-state index in [1.165, 1.54) is 0 Å². The summed E-state index contributed by atoms with van der Waals surface area (Å²) in [7, 11) is 0. The van der Waals surface area contributed by atoms with Gasteiger partial charge in [-0.05, 0) is 12.5 Å². The van der Waals surface area contributed by atoms with Crippen LogP contribution in [0.5, 0.6) is 0 Å². The fraction of sp³-hybridized carbons (Fsp3) is 0.909. The lowest BCUT2D eigenvalue weighted by atomic mass is 10.0. The Kier molecular flexibility index (Phi) is 4.54. The summed E-state index contributed by atoms with van der Waals surface area (Å²) in [6.07, 6.45) is 0. The second-order valence-corrected chi connectivity index (χ2v) is 4.53. The van der Waals surface area contributed by atoms with Gasteiger partial charge in [-0.2, -0.15) is 0 Å². The Labute approximate surface area is 92.4 Å². The summed E-state index contributed by atoms with van der Waals surface area (Å²) in [4.78, 5) is 16.2. The van der Waals surface area contributed by atoms with Crippen molar-refractivity contribution in [3.8, 4) is 0 Å². The molecule has 4 nitrogen and oxygen atoms in total. The first-order valence-electron chi connectivity index (χ1n) is 5.83. The molecule has 4 heteroatoms. The van der Waals surface area contributed by atoms with Gasteiger partial charge in [-0.3, -0.25) is 4.79 Å². The molecule has 0 aromatic rings. The van der Waals surface area contributed by atoms with Crippen molar-refractivity contribution in [2.45, 2.75) is 26.8 Å². The molecule has 1 atom stereocenters. The minimum absolute atomic E-state index is 0.112. The molecule has 0 radical (unpaired) electrons. The highest BCUT2D eigenvalue weighted by Gasteiger charge is 2.26. The van der Waals surface area contributed by atoms with Crippen LogP contribution in [-0.4, -0.2) is 54.5 Å². The Hall–Kier alpha value is -0.610. The minimum Gasteiger partial charge on any atom is -0.339 e. The second kappa shape index (κ2) is 5.47. The standard InChI is InChI=1S/C11H23N3O/c1-4-13-5-7-14(8-6-13)11(15)10(12)9(2)3/h9-10H,4-8,12H2,1-3H3/t10-/m0/s1. The summed E-state index contributed by atoms with van der Waals surface area (Å²) >= 11 is 0. The van der Waals surface area contributed by atoms with E-state index in [4.69, 9.17) is 5.73 Å². The molecule has 1 rings (SSSR count). The van der Waals surface area contributed by atoms with Gasteiger partial charge in [-0.25, -0.2) is 0 Å². The lowest BCUT2D eigenvalue weighted by molar-refractivity contribution is -0.135. The molecule has 1 aliphatic heterocycles. The van der Waals surface area contributed by atoms with Crippen molar-refractivity contribution in [3.63, 3.8) is 0 Å². The first-order valence-corrected chi connectivity index (χ1v) is 5.83. The Morgan fingerprint density at radius 1 is 1.27 bits per heavy atom. The number of amides is 1. The van der Waals surface area contributed by atoms with Crippen LogP contribution in [0, 0.1) is 5.92 Å². The van der Waals surface area contributed by atoms with Gasteiger partial charge in [-0.15, -0.1) is 0 Å². The third-order valence-corrected chi connectivity index (χ3v) is 3.13. The molecule has 0 spiro atoms. The van der Waals surface area contributed by atoms with E-state index in [2.05, 4.69) is 11.8 Å². The van der Waals surface area contributed by atoms with Crippen molar-refractivity contribution >= 4 is 5.91 Å². The Balaban J connectivity index is 2.42. The summed E-state index contributed by atoms with van der Waals surface area (Å²) in [5.41, 5.74) is 5.85. The van der Waals surface area contributed by atoms with E-state index in [9.17, 15) is 4.79 Å². The predicted octanol–water partition coefficient (Wildman–Crippen LogP) is 0.134. The van der Waals surface area contributed by atoms with Crippen molar-refractivity contribution in [2.75, 3.05) is 32.7 Å². The molecule has 15 heavy (non-hydrogen) atoms. The zero-order valence-electron chi connectivity index (χ0n) is 10.1. The van der Waals surface area contributed by atoms with Crippen LogP contribution in [0.1, 0.15) is 20.8 Å². The van der Waals surface area contributed by atoms with Gasteiger partial charge in [0.1, 0.15) is 0 Å². The number of carbonyl (C=O) groups excluding carboxylic acids is 1. The van der Waals surface area contributed by atoms with Gasteiger partial charge >= 0.3 is 0 Å². The number of hydrogen-bond donors (Lipinski definition) is 1. The lowest BCUT2D eigenvalue weighted by Crippen LogP contribution is -2.54. The Bertz CT molecular complexity index is 210. The largest absolute Gasteiger partial charge is 0.339 e. The lowest BCUT2D eigenvalue weighted by Gasteiger charge is -2.35. The fourth-order valence-corrected chi connectivity index (χ4v) is 1.78. The van der Waals surface area contributed by atoms with E-state index in [0.717, 1.165) is 32.7 Å². The highest BCUT2D eigenvalue weighted by molar-refractivity contribution is 5.82. The minimum atomic E-state index is -0.335. The monoisotopic (exact) mass is 213 g/mol. The van der Waals surface area contributed by atoms with Gasteiger partial charge in [0.05, 0.1) is 6.04 Å². The van der Waals surface area contributed by atoms with E-state index >= 15 is 0 Å². The maximum absolute atomic E-state index is 11.9. The first kappa shape index (κ1) is 12.5. The molecule has 1 saturated heterocycles. The van der Waals surface area contributed by atoms with Crippen molar-refractivity contribution in [2.24, 2.45) is 11.7 Å². The van der Waals surface area contributed by atoms with E-state index in [-0.39, 0.29) is 17.9 Å². The van der Waals surface area contributed by atoms with E-state index in [0.29, 0.717) is 0 Å². The first-order chi connectivity index (χ1) is 7.06. The van der Waals surface area contributed by atoms with Gasteiger partial charge in [0.2, 0.25) is 5.91 Å². The number of carbonyl (C=O) groups is 1. The van der Waals surface area contributed by atoms with E-state index in [1.54, 1.807) is 0 Å². The smallest absolute Gasteiger partial charge is 0.239 e. The quantitative estimate of drug-likeness (QED) is 0.725. The van der Waals surface area contributed by atoms with Crippen LogP contribution < -0.4 is 5.73 Å². The van der Waals surface area contributed by atoms with Crippen LogP contribution >= 0.6 is 0 Å². The average Bonchev–Trinajstić information content (AvgIpc) is 2.27. The maximum atomic E-state index is 11.9. The van der Waals surface area contributed by atoms with E-state index < -0.39 is 0 Å². The van der Waals surface area contributed by atoms with Gasteiger partial charge in [0, 0.05) is 26.2 Å². The zero-order chi connectivity index (χ0) is 11.4. The molecule has 1 aliphatic rings. The molecule has 0 aliphatic carbocycles. The molecule has 2 N–H and O–H groups in total. The number of likely N-dealkylation sites (N-methyl/N-ethyl adjacent to an activating group) is 1. The topological polar surface area (TPSA) is 49.6 Å².